The maximum absolute atomic E-state index is 2.51. The van der Waals surface area contributed by atoms with E-state index in [1.807, 2.05) is 0 Å². The third kappa shape index (κ3) is 9.20. The molecule has 1 aliphatic rings. The van der Waals surface area contributed by atoms with Gasteiger partial charge in [0.2, 0.25) is 0 Å². The predicted octanol–water partition coefficient (Wildman–Crippen LogP) is 4.02. The van der Waals surface area contributed by atoms with Crippen LogP contribution in [0.25, 0.3) is 21.9 Å². The Balaban J connectivity index is 0.000000679. The van der Waals surface area contributed by atoms with Crippen LogP contribution in [0.2, 0.25) is 18.6 Å². The number of allylic oxidation sites excluding steroid dienone is 4. The molecule has 4 rings (SSSR count). The van der Waals surface area contributed by atoms with Crippen LogP contribution in [0.4, 0.5) is 0 Å². The summed E-state index contributed by atoms with van der Waals surface area (Å²) in [6.07, 6.45) is 8.87. The largest absolute Gasteiger partial charge is 3.00 e. The number of halogens is 2. The van der Waals surface area contributed by atoms with Gasteiger partial charge < -0.3 is 24.8 Å². The normalized spacial score (nSPS) is 14.6. The fourth-order valence-electron chi connectivity index (χ4n) is 4.72. The summed E-state index contributed by atoms with van der Waals surface area (Å²) in [6, 6.07) is 20.1. The molecule has 0 fully saturated rings. The molecule has 4 heteroatoms. The number of hydrogen-bond acceptors (Lipinski definition) is 0. The van der Waals surface area contributed by atoms with E-state index in [0.717, 1.165) is 5.54 Å². The van der Waals surface area contributed by atoms with Crippen LogP contribution in [0.15, 0.2) is 77.9 Å². The Hall–Kier alpha value is -0.790. The Kier molecular flexibility index (Phi) is 15.2. The fraction of sp³-hybridized carbons (Fsp3) is 0.406. The molecule has 2 radical (unpaired) electrons. The summed E-state index contributed by atoms with van der Waals surface area (Å²) in [5, 5.41) is 2.69. The molecule has 3 aromatic carbocycles. The quantitative estimate of drug-likeness (QED) is 0.300. The Morgan fingerprint density at radius 1 is 0.944 bits per heavy atom. The zero-order valence-corrected chi connectivity index (χ0v) is 28.3. The van der Waals surface area contributed by atoms with Gasteiger partial charge in [-0.2, -0.15) is 6.07 Å². The molecule has 0 aliphatic heterocycles. The number of benzene rings is 2. The molecule has 1 atom stereocenters. The van der Waals surface area contributed by atoms with Gasteiger partial charge in [-0.15, -0.1) is 34.5 Å². The van der Waals surface area contributed by atoms with E-state index in [-0.39, 0.29) is 65.2 Å². The van der Waals surface area contributed by atoms with E-state index >= 15 is 0 Å². The standard InChI is InChI=1S/C20H21.C12H21Si.2ClH.Zr/c1-14-12-16-6-5-7-18(19(16)13-14)15-8-10-17(11-9-15)20(2,3)4;1-5-6-7-11-8-10(2)12(9-11)13(3)4;;;/h5-13H,1-4H3;8-9,12H,5-7H2,1-4H3;2*1H;/q-1;;;;+3/p-2. The van der Waals surface area contributed by atoms with Crippen molar-refractivity contribution in [3.8, 4) is 11.1 Å². The van der Waals surface area contributed by atoms with Crippen LogP contribution in [0.1, 0.15) is 65.0 Å². The third-order valence-electron chi connectivity index (χ3n) is 6.68. The Bertz CT molecular complexity index is 1130. The predicted molar refractivity (Wildman–Crippen MR) is 151 cm³/mol. The first kappa shape index (κ1) is 35.2. The van der Waals surface area contributed by atoms with Crippen molar-refractivity contribution in [2.75, 3.05) is 0 Å². The van der Waals surface area contributed by atoms with Crippen LogP contribution in [-0.2, 0) is 31.6 Å². The molecule has 0 nitrogen and oxygen atoms in total. The summed E-state index contributed by atoms with van der Waals surface area (Å²) in [6.45, 7) is 18.3. The first-order valence-corrected chi connectivity index (χ1v) is 15.1. The first-order valence-electron chi connectivity index (χ1n) is 12.6. The van der Waals surface area contributed by atoms with Gasteiger partial charge in [0.15, 0.2) is 0 Å². The van der Waals surface area contributed by atoms with Crippen molar-refractivity contribution in [1.29, 1.82) is 0 Å². The molecule has 0 aromatic heterocycles. The van der Waals surface area contributed by atoms with E-state index in [9.17, 15) is 0 Å². The molecule has 0 saturated heterocycles. The number of rotatable bonds is 5. The molecular formula is C32H42Cl2SiZr. The van der Waals surface area contributed by atoms with Crippen molar-refractivity contribution in [2.45, 2.75) is 84.9 Å². The minimum Gasteiger partial charge on any atom is -1.00 e. The molecule has 0 heterocycles. The summed E-state index contributed by atoms with van der Waals surface area (Å²) in [7, 11) is -0.163. The topological polar surface area (TPSA) is 0 Å². The summed E-state index contributed by atoms with van der Waals surface area (Å²) < 4.78 is 0. The molecular weight excluding hydrogens is 575 g/mol. The van der Waals surface area contributed by atoms with Gasteiger partial charge in [0.25, 0.3) is 0 Å². The van der Waals surface area contributed by atoms with Crippen LogP contribution in [0, 0.1) is 6.92 Å². The summed E-state index contributed by atoms with van der Waals surface area (Å²) in [5.41, 5.74) is 9.56. The second-order valence-electron chi connectivity index (χ2n) is 11.0. The Labute approximate surface area is 254 Å². The van der Waals surface area contributed by atoms with E-state index in [1.165, 1.54) is 52.3 Å². The number of fused-ring (bicyclic) bond motifs is 1. The summed E-state index contributed by atoms with van der Waals surface area (Å²) >= 11 is 0. The van der Waals surface area contributed by atoms with E-state index < -0.39 is 0 Å². The zero-order chi connectivity index (χ0) is 24.2. The average Bonchev–Trinajstić information content (AvgIpc) is 3.33. The zero-order valence-electron chi connectivity index (χ0n) is 23.3. The minimum atomic E-state index is -0.163. The molecule has 1 unspecified atom stereocenters. The molecule has 0 amide bonds. The van der Waals surface area contributed by atoms with Gasteiger partial charge in [-0.3, -0.25) is 0 Å². The van der Waals surface area contributed by atoms with Gasteiger partial charge in [-0.1, -0.05) is 113 Å². The van der Waals surface area contributed by atoms with Crippen molar-refractivity contribution in [3.05, 3.63) is 89.0 Å². The van der Waals surface area contributed by atoms with Gasteiger partial charge in [-0.25, -0.2) is 0 Å². The molecule has 0 saturated carbocycles. The van der Waals surface area contributed by atoms with Crippen molar-refractivity contribution in [2.24, 2.45) is 0 Å². The van der Waals surface area contributed by atoms with Gasteiger partial charge in [-0.05, 0) is 41.8 Å². The monoisotopic (exact) mass is 614 g/mol. The van der Waals surface area contributed by atoms with Crippen LogP contribution >= 0.6 is 0 Å². The summed E-state index contributed by atoms with van der Waals surface area (Å²) in [5.74, 6) is 0. The van der Waals surface area contributed by atoms with Crippen LogP contribution in [0.5, 0.6) is 0 Å². The van der Waals surface area contributed by atoms with E-state index in [1.54, 1.807) is 11.1 Å². The molecule has 1 aliphatic carbocycles. The van der Waals surface area contributed by atoms with E-state index in [2.05, 4.69) is 121 Å². The number of unbranched alkanes of at least 4 members (excludes halogenated alkanes) is 1. The second kappa shape index (κ2) is 15.6. The fourth-order valence-corrected chi connectivity index (χ4v) is 6.26. The van der Waals surface area contributed by atoms with Gasteiger partial charge in [0.05, 0.1) is 8.80 Å². The maximum Gasteiger partial charge on any atom is 3.00 e. The van der Waals surface area contributed by atoms with Crippen LogP contribution in [0.3, 0.4) is 0 Å². The van der Waals surface area contributed by atoms with Crippen LogP contribution in [-0.4, -0.2) is 8.80 Å². The number of hydrogen-bond donors (Lipinski definition) is 0. The maximum atomic E-state index is 2.51. The molecule has 0 bridgehead atoms. The van der Waals surface area contributed by atoms with Gasteiger partial charge >= 0.3 is 26.2 Å². The van der Waals surface area contributed by atoms with Crippen molar-refractivity contribution < 1.29 is 51.0 Å². The number of aryl methyl sites for hydroxylation is 1. The van der Waals surface area contributed by atoms with Crippen molar-refractivity contribution >= 4 is 19.6 Å². The molecule has 3 aromatic rings. The third-order valence-corrected chi connectivity index (χ3v) is 8.55. The second-order valence-corrected chi connectivity index (χ2v) is 13.7. The van der Waals surface area contributed by atoms with E-state index in [0.29, 0.717) is 0 Å². The van der Waals surface area contributed by atoms with Crippen LogP contribution < -0.4 is 24.8 Å². The average molecular weight is 617 g/mol. The smallest absolute Gasteiger partial charge is 1.00 e. The molecule has 0 spiro atoms. The first-order chi connectivity index (χ1) is 15.6. The van der Waals surface area contributed by atoms with Gasteiger partial charge in [0.1, 0.15) is 0 Å². The molecule has 192 valence electrons. The SMILES string of the molecule is CCCCC1=CC([Si](C)C)C(C)=C1.Cc1cc2c(-c3ccc(C(C)(C)C)cc3)cccc2[cH-]1.[Cl-].[Cl-].[Zr+3]. The van der Waals surface area contributed by atoms with Gasteiger partial charge in [0, 0.05) is 0 Å². The Morgan fingerprint density at radius 2 is 1.58 bits per heavy atom. The molecule has 36 heavy (non-hydrogen) atoms. The minimum absolute atomic E-state index is 0. The molecule has 0 N–H and O–H groups in total. The summed E-state index contributed by atoms with van der Waals surface area (Å²) in [4.78, 5) is 0. The Morgan fingerprint density at radius 3 is 2.11 bits per heavy atom. The van der Waals surface area contributed by atoms with Crippen molar-refractivity contribution in [1.82, 2.24) is 0 Å². The van der Waals surface area contributed by atoms with Crippen molar-refractivity contribution in [3.63, 3.8) is 0 Å². The van der Waals surface area contributed by atoms with E-state index in [4.69, 9.17) is 0 Å².